The van der Waals surface area contributed by atoms with Crippen LogP contribution in [0.2, 0.25) is 5.02 Å². The predicted molar refractivity (Wildman–Crippen MR) is 81.2 cm³/mol. The molecule has 1 unspecified atom stereocenters. The molecule has 0 bridgehead atoms. The van der Waals surface area contributed by atoms with Crippen molar-refractivity contribution in [3.05, 3.63) is 41.1 Å². The Kier molecular flexibility index (Phi) is 3.87. The lowest BCUT2D eigenvalue weighted by atomic mass is 10.0. The normalized spacial score (nSPS) is 21.3. The van der Waals surface area contributed by atoms with Crippen molar-refractivity contribution in [2.75, 3.05) is 5.32 Å². The van der Waals surface area contributed by atoms with Gasteiger partial charge in [-0.2, -0.15) is 0 Å². The number of amides is 4. The summed E-state index contributed by atoms with van der Waals surface area (Å²) in [6, 6.07) is 5.71. The number of nitrogens with zero attached hydrogens (tertiary/aromatic N) is 1. The van der Waals surface area contributed by atoms with Crippen LogP contribution in [0, 0.1) is 0 Å². The van der Waals surface area contributed by atoms with Crippen molar-refractivity contribution in [3.63, 3.8) is 0 Å². The van der Waals surface area contributed by atoms with Crippen LogP contribution in [0.3, 0.4) is 0 Å². The molecular formula is C15H12ClN3O4. The molecular weight excluding hydrogens is 322 g/mol. The number of anilines is 1. The van der Waals surface area contributed by atoms with E-state index < -0.39 is 29.7 Å². The van der Waals surface area contributed by atoms with Crippen molar-refractivity contribution in [3.8, 4) is 0 Å². The Balaban J connectivity index is 1.77. The lowest BCUT2D eigenvalue weighted by Gasteiger charge is -2.28. The number of carbonyl (C=O) groups is 4. The van der Waals surface area contributed by atoms with Gasteiger partial charge in [-0.25, -0.2) is 0 Å². The molecule has 2 aliphatic rings. The van der Waals surface area contributed by atoms with Gasteiger partial charge in [-0.05, 0) is 24.6 Å². The molecule has 1 fully saturated rings. The van der Waals surface area contributed by atoms with E-state index in [9.17, 15) is 19.2 Å². The molecule has 3 rings (SSSR count). The molecule has 0 aliphatic carbocycles. The van der Waals surface area contributed by atoms with Crippen LogP contribution < -0.4 is 10.6 Å². The van der Waals surface area contributed by atoms with Crippen molar-refractivity contribution < 1.29 is 19.2 Å². The number of halogens is 1. The third-order valence-corrected chi connectivity index (χ3v) is 3.81. The van der Waals surface area contributed by atoms with E-state index in [1.54, 1.807) is 24.3 Å². The summed E-state index contributed by atoms with van der Waals surface area (Å²) < 4.78 is 0. The zero-order chi connectivity index (χ0) is 16.6. The zero-order valence-corrected chi connectivity index (χ0v) is 12.6. The van der Waals surface area contributed by atoms with Gasteiger partial charge >= 0.3 is 0 Å². The summed E-state index contributed by atoms with van der Waals surface area (Å²) in [6.45, 7) is 0. The van der Waals surface area contributed by atoms with Crippen LogP contribution in [0.1, 0.15) is 12.8 Å². The summed E-state index contributed by atoms with van der Waals surface area (Å²) in [4.78, 5) is 48.4. The molecule has 1 aromatic rings. The first kappa shape index (κ1) is 15.2. The highest BCUT2D eigenvalue weighted by Gasteiger charge is 2.42. The summed E-state index contributed by atoms with van der Waals surface area (Å²) in [7, 11) is 0. The van der Waals surface area contributed by atoms with E-state index in [0.717, 1.165) is 11.0 Å². The number of carbonyl (C=O) groups excluding carboxylic acids is 4. The summed E-state index contributed by atoms with van der Waals surface area (Å²) in [5.41, 5.74) is 0.608. The summed E-state index contributed by atoms with van der Waals surface area (Å²) in [5, 5.41) is 5.44. The Morgan fingerprint density at radius 1 is 1.22 bits per heavy atom. The molecule has 8 heteroatoms. The van der Waals surface area contributed by atoms with Crippen LogP contribution >= 0.6 is 11.6 Å². The van der Waals surface area contributed by atoms with Gasteiger partial charge in [-0.15, -0.1) is 0 Å². The van der Waals surface area contributed by atoms with E-state index >= 15 is 0 Å². The lowest BCUT2D eigenvalue weighted by molar-refractivity contribution is -0.149. The molecule has 2 aliphatic heterocycles. The molecule has 1 atom stereocenters. The van der Waals surface area contributed by atoms with Gasteiger partial charge in [0.2, 0.25) is 11.8 Å². The van der Waals surface area contributed by atoms with Crippen molar-refractivity contribution in [2.24, 2.45) is 0 Å². The van der Waals surface area contributed by atoms with E-state index in [1.807, 2.05) is 0 Å². The fourth-order valence-corrected chi connectivity index (χ4v) is 2.71. The Morgan fingerprint density at radius 2 is 2.00 bits per heavy atom. The van der Waals surface area contributed by atoms with Gasteiger partial charge in [0.05, 0.1) is 0 Å². The summed E-state index contributed by atoms with van der Waals surface area (Å²) >= 11 is 5.87. The minimum absolute atomic E-state index is 0.0574. The summed E-state index contributed by atoms with van der Waals surface area (Å²) in [5.74, 6) is -2.24. The first-order valence-corrected chi connectivity index (χ1v) is 7.29. The molecule has 0 saturated carbocycles. The molecule has 1 saturated heterocycles. The van der Waals surface area contributed by atoms with Crippen LogP contribution in [0.15, 0.2) is 36.0 Å². The van der Waals surface area contributed by atoms with Gasteiger partial charge < -0.3 is 5.32 Å². The molecule has 2 N–H and O–H groups in total. The first-order chi connectivity index (χ1) is 11.0. The van der Waals surface area contributed by atoms with Crippen LogP contribution in [0.4, 0.5) is 5.69 Å². The predicted octanol–water partition coefficient (Wildman–Crippen LogP) is 0.810. The summed E-state index contributed by atoms with van der Waals surface area (Å²) in [6.07, 6.45) is 1.35. The minimum atomic E-state index is -0.970. The van der Waals surface area contributed by atoms with Crippen LogP contribution in [-0.2, 0) is 19.2 Å². The molecule has 23 heavy (non-hydrogen) atoms. The number of piperidine rings is 1. The highest BCUT2D eigenvalue weighted by molar-refractivity contribution is 6.30. The minimum Gasteiger partial charge on any atom is -0.351 e. The Bertz CT molecular complexity index is 759. The monoisotopic (exact) mass is 333 g/mol. The van der Waals surface area contributed by atoms with E-state index in [0.29, 0.717) is 10.7 Å². The molecule has 118 valence electrons. The van der Waals surface area contributed by atoms with Crippen LogP contribution in [0.5, 0.6) is 0 Å². The van der Waals surface area contributed by atoms with Crippen molar-refractivity contribution >= 4 is 40.9 Å². The van der Waals surface area contributed by atoms with E-state index in [4.69, 9.17) is 11.6 Å². The molecule has 7 nitrogen and oxygen atoms in total. The van der Waals surface area contributed by atoms with Gasteiger partial charge in [0, 0.05) is 23.2 Å². The smallest absolute Gasteiger partial charge is 0.278 e. The van der Waals surface area contributed by atoms with Gasteiger partial charge in [0.1, 0.15) is 11.7 Å². The molecule has 0 radical (unpaired) electrons. The Morgan fingerprint density at radius 3 is 2.70 bits per heavy atom. The maximum absolute atomic E-state index is 12.4. The Hall–Kier alpha value is -2.67. The second-order valence-corrected chi connectivity index (χ2v) is 5.61. The molecule has 0 aromatic heterocycles. The van der Waals surface area contributed by atoms with Crippen molar-refractivity contribution in [1.29, 1.82) is 0 Å². The average molecular weight is 334 g/mol. The highest BCUT2D eigenvalue weighted by Crippen LogP contribution is 2.23. The third-order valence-electron chi connectivity index (χ3n) is 3.58. The largest absolute Gasteiger partial charge is 0.351 e. The maximum Gasteiger partial charge on any atom is 0.278 e. The van der Waals surface area contributed by atoms with Gasteiger partial charge in [0.15, 0.2) is 0 Å². The van der Waals surface area contributed by atoms with Crippen LogP contribution in [0.25, 0.3) is 0 Å². The maximum atomic E-state index is 12.4. The zero-order valence-electron chi connectivity index (χ0n) is 11.8. The molecule has 0 spiro atoms. The highest BCUT2D eigenvalue weighted by atomic mass is 35.5. The van der Waals surface area contributed by atoms with Gasteiger partial charge in [-0.1, -0.05) is 17.7 Å². The average Bonchev–Trinajstić information content (AvgIpc) is 2.74. The quantitative estimate of drug-likeness (QED) is 0.798. The lowest BCUT2D eigenvalue weighted by Crippen LogP contribution is -2.54. The number of imide groups is 2. The first-order valence-electron chi connectivity index (χ1n) is 6.91. The molecule has 1 aromatic carbocycles. The Labute approximate surface area is 136 Å². The van der Waals surface area contributed by atoms with Crippen molar-refractivity contribution in [2.45, 2.75) is 18.9 Å². The molecule has 2 heterocycles. The van der Waals surface area contributed by atoms with Gasteiger partial charge in [-0.3, -0.25) is 29.4 Å². The number of benzene rings is 1. The SMILES string of the molecule is O=C1CCC(N2C(=O)C=C(Nc3cccc(Cl)c3)C2=O)C(=O)N1. The van der Waals surface area contributed by atoms with E-state index in [-0.39, 0.29) is 18.5 Å². The number of rotatable bonds is 3. The number of hydrogen-bond donors (Lipinski definition) is 2. The fourth-order valence-electron chi connectivity index (χ4n) is 2.52. The van der Waals surface area contributed by atoms with Crippen LogP contribution in [-0.4, -0.2) is 34.6 Å². The van der Waals surface area contributed by atoms with Crippen molar-refractivity contribution in [1.82, 2.24) is 10.2 Å². The second-order valence-electron chi connectivity index (χ2n) is 5.17. The molecule has 4 amide bonds. The van der Waals surface area contributed by atoms with Gasteiger partial charge in [0.25, 0.3) is 11.8 Å². The topological polar surface area (TPSA) is 95.6 Å². The fraction of sp³-hybridized carbons (Fsp3) is 0.200. The number of nitrogens with one attached hydrogen (secondary N) is 2. The standard InChI is InChI=1S/C15H12ClN3O4/c16-8-2-1-3-9(6-8)17-10-7-13(21)19(15(10)23)11-4-5-12(20)18-14(11)22/h1-3,6-7,11,17H,4-5H2,(H,18,20,22). The number of hydrogen-bond acceptors (Lipinski definition) is 5. The van der Waals surface area contributed by atoms with E-state index in [1.165, 1.54) is 0 Å². The third kappa shape index (κ3) is 2.95. The second kappa shape index (κ2) is 5.85. The van der Waals surface area contributed by atoms with E-state index in [2.05, 4.69) is 10.6 Å².